The Bertz CT molecular complexity index is 502. The summed E-state index contributed by atoms with van der Waals surface area (Å²) in [5.41, 5.74) is 1.13. The second kappa shape index (κ2) is 6.37. The molecular weight excluding hydrogens is 284 g/mol. The Hall–Kier alpha value is -1.06. The molecule has 114 valence electrons. The monoisotopic (exact) mass is 306 g/mol. The summed E-state index contributed by atoms with van der Waals surface area (Å²) in [6, 6.07) is 8.22. The van der Waals surface area contributed by atoms with E-state index in [4.69, 9.17) is 11.6 Å². The number of amides is 1. The maximum absolute atomic E-state index is 12.4. The largest absolute Gasteiger partial charge is 0.319 e. The Kier molecular flexibility index (Phi) is 4.51. The number of carbonyl (C=O) groups is 1. The summed E-state index contributed by atoms with van der Waals surface area (Å²) in [5.74, 6) is 1.000. The second-order valence-electron chi connectivity index (χ2n) is 6.23. The minimum Gasteiger partial charge on any atom is -0.319 e. The molecule has 1 saturated heterocycles. The van der Waals surface area contributed by atoms with Gasteiger partial charge in [-0.05, 0) is 36.5 Å². The van der Waals surface area contributed by atoms with E-state index in [1.54, 1.807) is 0 Å². The van der Waals surface area contributed by atoms with E-state index in [0.29, 0.717) is 12.6 Å². The fourth-order valence-corrected chi connectivity index (χ4v) is 3.87. The molecule has 2 aliphatic rings. The van der Waals surface area contributed by atoms with Crippen LogP contribution in [0.2, 0.25) is 5.02 Å². The van der Waals surface area contributed by atoms with Crippen LogP contribution in [0, 0.1) is 5.92 Å². The van der Waals surface area contributed by atoms with E-state index < -0.39 is 0 Å². The molecule has 0 spiro atoms. The molecule has 0 bridgehead atoms. The van der Waals surface area contributed by atoms with E-state index in [2.05, 4.69) is 17.1 Å². The molecule has 3 rings (SSSR count). The molecule has 21 heavy (non-hydrogen) atoms. The minimum atomic E-state index is 0.00960. The number of nitrogens with zero attached hydrogens (tertiary/aromatic N) is 1. The molecule has 0 radical (unpaired) electrons. The zero-order valence-corrected chi connectivity index (χ0v) is 13.3. The molecule has 1 saturated carbocycles. The summed E-state index contributed by atoms with van der Waals surface area (Å²) in [7, 11) is 0. The van der Waals surface area contributed by atoms with E-state index in [1.165, 1.54) is 19.3 Å². The van der Waals surface area contributed by atoms with Crippen molar-refractivity contribution in [1.82, 2.24) is 10.2 Å². The number of nitrogens with one attached hydrogen (secondary N) is 1. The van der Waals surface area contributed by atoms with Gasteiger partial charge >= 0.3 is 0 Å². The van der Waals surface area contributed by atoms with Gasteiger partial charge in [0.25, 0.3) is 0 Å². The van der Waals surface area contributed by atoms with E-state index in [-0.39, 0.29) is 12.1 Å². The molecule has 1 N–H and O–H groups in total. The number of hydrogen-bond acceptors (Lipinski definition) is 2. The zero-order valence-electron chi connectivity index (χ0n) is 12.5. The van der Waals surface area contributed by atoms with Gasteiger partial charge in [0.05, 0.1) is 6.54 Å². The molecule has 1 aliphatic carbocycles. The molecule has 1 aromatic carbocycles. The first-order chi connectivity index (χ1) is 10.2. The molecule has 4 heteroatoms. The molecule has 3 atom stereocenters. The Balaban J connectivity index is 1.80. The third-order valence-electron chi connectivity index (χ3n) is 4.92. The third kappa shape index (κ3) is 3.09. The fraction of sp³-hybridized carbons (Fsp3) is 0.588. The van der Waals surface area contributed by atoms with Crippen molar-refractivity contribution in [3.8, 4) is 0 Å². The maximum atomic E-state index is 12.4. The summed E-state index contributed by atoms with van der Waals surface area (Å²) < 4.78 is 0. The molecule has 3 nitrogen and oxygen atoms in total. The highest BCUT2D eigenvalue weighted by molar-refractivity contribution is 6.30. The van der Waals surface area contributed by atoms with Crippen molar-refractivity contribution in [2.45, 2.75) is 51.2 Å². The van der Waals surface area contributed by atoms with Gasteiger partial charge in [-0.2, -0.15) is 0 Å². The average molecular weight is 307 g/mol. The van der Waals surface area contributed by atoms with Gasteiger partial charge in [-0.25, -0.2) is 0 Å². The predicted octanol–water partition coefficient (Wildman–Crippen LogP) is 3.74. The lowest BCUT2D eigenvalue weighted by Gasteiger charge is -2.38. The Morgan fingerprint density at radius 2 is 2.05 bits per heavy atom. The van der Waals surface area contributed by atoms with E-state index in [0.717, 1.165) is 29.3 Å². The first-order valence-electron chi connectivity index (χ1n) is 7.99. The first-order valence-corrected chi connectivity index (χ1v) is 8.37. The van der Waals surface area contributed by atoms with Gasteiger partial charge in [-0.15, -0.1) is 0 Å². The van der Waals surface area contributed by atoms with Gasteiger partial charge in [0.15, 0.2) is 0 Å². The predicted molar refractivity (Wildman–Crippen MR) is 85.1 cm³/mol. The zero-order chi connectivity index (χ0) is 14.8. The van der Waals surface area contributed by atoms with Gasteiger partial charge in [-0.1, -0.05) is 49.9 Å². The Labute approximate surface area is 131 Å². The summed E-state index contributed by atoms with van der Waals surface area (Å²) in [5, 5.41) is 4.09. The van der Waals surface area contributed by atoms with Crippen LogP contribution in [-0.4, -0.2) is 23.4 Å². The normalized spacial score (nSPS) is 29.9. The maximum Gasteiger partial charge on any atom is 0.238 e. The molecule has 1 heterocycles. The van der Waals surface area contributed by atoms with Crippen molar-refractivity contribution in [1.29, 1.82) is 0 Å². The summed E-state index contributed by atoms with van der Waals surface area (Å²) in [4.78, 5) is 14.4. The van der Waals surface area contributed by atoms with Crippen molar-refractivity contribution in [3.05, 3.63) is 34.9 Å². The number of rotatable bonds is 3. The van der Waals surface area contributed by atoms with Gasteiger partial charge in [0, 0.05) is 11.1 Å². The van der Waals surface area contributed by atoms with Crippen LogP contribution in [0.15, 0.2) is 24.3 Å². The van der Waals surface area contributed by atoms with Crippen LogP contribution >= 0.6 is 11.6 Å². The van der Waals surface area contributed by atoms with Crippen molar-refractivity contribution in [2.75, 3.05) is 6.54 Å². The van der Waals surface area contributed by atoms with Crippen LogP contribution in [0.3, 0.4) is 0 Å². The van der Waals surface area contributed by atoms with Crippen molar-refractivity contribution < 1.29 is 4.79 Å². The average Bonchev–Trinajstić information content (AvgIpc) is 2.90. The van der Waals surface area contributed by atoms with Crippen molar-refractivity contribution in [2.24, 2.45) is 5.92 Å². The molecule has 2 fully saturated rings. The number of hydrogen-bond donors (Lipinski definition) is 1. The second-order valence-corrected chi connectivity index (χ2v) is 6.67. The third-order valence-corrected chi connectivity index (χ3v) is 5.18. The van der Waals surface area contributed by atoms with Crippen LogP contribution in [0.1, 0.15) is 50.8 Å². The highest BCUT2D eigenvalue weighted by Gasteiger charge is 2.38. The number of carbonyl (C=O) groups excluding carboxylic acids is 1. The fourth-order valence-electron chi connectivity index (χ4n) is 3.74. The lowest BCUT2D eigenvalue weighted by atomic mass is 9.83. The lowest BCUT2D eigenvalue weighted by molar-refractivity contribution is -0.131. The quantitative estimate of drug-likeness (QED) is 0.922. The molecule has 3 unspecified atom stereocenters. The summed E-state index contributed by atoms with van der Waals surface area (Å²) in [6.07, 6.45) is 6.06. The molecule has 0 aromatic heterocycles. The highest BCUT2D eigenvalue weighted by atomic mass is 35.5. The van der Waals surface area contributed by atoms with E-state index >= 15 is 0 Å². The standard InChI is InChI=1S/C17H23ClN2O/c1-2-12-4-3-5-15(10-12)20-16(21)11-19-17(20)13-6-8-14(18)9-7-13/h6-9,12,15,17,19H,2-5,10-11H2,1H3. The van der Waals surface area contributed by atoms with Gasteiger partial charge < -0.3 is 4.90 Å². The van der Waals surface area contributed by atoms with Gasteiger partial charge in [-0.3, -0.25) is 10.1 Å². The summed E-state index contributed by atoms with van der Waals surface area (Å²) in [6.45, 7) is 2.70. The topological polar surface area (TPSA) is 32.3 Å². The SMILES string of the molecule is CCC1CCCC(N2C(=O)CNC2c2ccc(Cl)cc2)C1. The smallest absolute Gasteiger partial charge is 0.238 e. The minimum absolute atomic E-state index is 0.00960. The van der Waals surface area contributed by atoms with Gasteiger partial charge in [0.2, 0.25) is 5.91 Å². The highest BCUT2D eigenvalue weighted by Crippen LogP contribution is 2.35. The molecule has 1 aromatic rings. The van der Waals surface area contributed by atoms with E-state index in [1.807, 2.05) is 24.3 Å². The van der Waals surface area contributed by atoms with Crippen LogP contribution in [-0.2, 0) is 4.79 Å². The Morgan fingerprint density at radius 1 is 1.29 bits per heavy atom. The number of halogens is 1. The Morgan fingerprint density at radius 3 is 2.76 bits per heavy atom. The first kappa shape index (κ1) is 14.9. The molecule has 1 amide bonds. The van der Waals surface area contributed by atoms with Crippen LogP contribution in [0.5, 0.6) is 0 Å². The van der Waals surface area contributed by atoms with Crippen LogP contribution in [0.4, 0.5) is 0 Å². The summed E-state index contributed by atoms with van der Waals surface area (Å²) >= 11 is 5.97. The van der Waals surface area contributed by atoms with Crippen LogP contribution < -0.4 is 5.32 Å². The van der Waals surface area contributed by atoms with E-state index in [9.17, 15) is 4.79 Å². The van der Waals surface area contributed by atoms with Crippen molar-refractivity contribution in [3.63, 3.8) is 0 Å². The number of benzene rings is 1. The molecule has 1 aliphatic heterocycles. The van der Waals surface area contributed by atoms with Crippen molar-refractivity contribution >= 4 is 17.5 Å². The molecular formula is C17H23ClN2O. The van der Waals surface area contributed by atoms with Gasteiger partial charge in [0.1, 0.15) is 6.17 Å². The lowest BCUT2D eigenvalue weighted by Crippen LogP contribution is -2.42. The van der Waals surface area contributed by atoms with Crippen LogP contribution in [0.25, 0.3) is 0 Å².